The maximum absolute atomic E-state index is 13.8. The minimum absolute atomic E-state index is 0.00297. The second kappa shape index (κ2) is 9.50. The summed E-state index contributed by atoms with van der Waals surface area (Å²) in [6.45, 7) is 4.09. The zero-order valence-electron chi connectivity index (χ0n) is 19.3. The van der Waals surface area contributed by atoms with Gasteiger partial charge in [0.25, 0.3) is 0 Å². The van der Waals surface area contributed by atoms with Crippen molar-refractivity contribution in [2.24, 2.45) is 5.92 Å². The number of anilines is 1. The molecule has 0 aliphatic carbocycles. The zero-order chi connectivity index (χ0) is 24.6. The maximum atomic E-state index is 13.8. The third kappa shape index (κ3) is 4.99. The van der Waals surface area contributed by atoms with Gasteiger partial charge in [-0.2, -0.15) is 9.29 Å². The minimum atomic E-state index is -3.87. The highest BCUT2D eigenvalue weighted by Gasteiger charge is 2.33. The van der Waals surface area contributed by atoms with Crippen LogP contribution in [0.4, 0.5) is 14.7 Å². The molecular weight excluding hydrogens is 474 g/mol. The molecule has 0 spiro atoms. The maximum Gasteiger partial charge on any atom is 0.243 e. The molecule has 10 heteroatoms. The van der Waals surface area contributed by atoms with Gasteiger partial charge < -0.3 is 9.64 Å². The molecule has 0 unspecified atom stereocenters. The summed E-state index contributed by atoms with van der Waals surface area (Å²) in [6.07, 6.45) is 2.43. The van der Waals surface area contributed by atoms with Gasteiger partial charge in [-0.25, -0.2) is 22.2 Å². The number of nitrogens with zero attached hydrogens (tertiary/aromatic N) is 4. The molecule has 1 saturated heterocycles. The fourth-order valence-corrected chi connectivity index (χ4v) is 5.79. The Morgan fingerprint density at radius 2 is 1.71 bits per heavy atom. The molecule has 2 aliphatic heterocycles. The normalized spacial score (nSPS) is 17.3. The minimum Gasteiger partial charge on any atom is -0.438 e. The monoisotopic (exact) mass is 500 g/mol. The predicted molar refractivity (Wildman–Crippen MR) is 127 cm³/mol. The molecule has 2 aliphatic rings. The lowest BCUT2D eigenvalue weighted by Gasteiger charge is -2.33. The van der Waals surface area contributed by atoms with Crippen LogP contribution in [0.2, 0.25) is 0 Å². The van der Waals surface area contributed by atoms with Gasteiger partial charge in [0.1, 0.15) is 17.4 Å². The first-order valence-corrected chi connectivity index (χ1v) is 13.1. The number of halogens is 2. The molecule has 184 valence electrons. The summed E-state index contributed by atoms with van der Waals surface area (Å²) in [5.41, 5.74) is 1.26. The van der Waals surface area contributed by atoms with Crippen LogP contribution >= 0.6 is 0 Å². The molecule has 0 amide bonds. The number of sulfonamides is 1. The third-order valence-electron chi connectivity index (χ3n) is 6.50. The van der Waals surface area contributed by atoms with Gasteiger partial charge in [0, 0.05) is 38.7 Å². The largest absolute Gasteiger partial charge is 0.438 e. The Hall–Kier alpha value is -3.11. The SMILES string of the molecule is CC1CCN(c2nc3c(c(Oc4cccc(F)c4)n2)CN(S(=O)(=O)c2ccc(F)cc2)CC3)CC1. The number of piperidine rings is 1. The number of aromatic nitrogens is 2. The van der Waals surface area contributed by atoms with E-state index in [1.54, 1.807) is 6.07 Å². The Morgan fingerprint density at radius 1 is 0.971 bits per heavy atom. The van der Waals surface area contributed by atoms with Crippen molar-refractivity contribution in [2.45, 2.75) is 37.6 Å². The number of ether oxygens (including phenoxy) is 1. The van der Waals surface area contributed by atoms with Crippen molar-refractivity contribution in [1.82, 2.24) is 14.3 Å². The van der Waals surface area contributed by atoms with Gasteiger partial charge in [-0.05, 0) is 55.2 Å². The van der Waals surface area contributed by atoms with E-state index >= 15 is 0 Å². The quantitative estimate of drug-likeness (QED) is 0.513. The van der Waals surface area contributed by atoms with Crippen LogP contribution in [0.15, 0.2) is 53.4 Å². The van der Waals surface area contributed by atoms with Crippen molar-refractivity contribution in [3.8, 4) is 11.6 Å². The predicted octanol–water partition coefficient (Wildman–Crippen LogP) is 4.53. The number of hydrogen-bond donors (Lipinski definition) is 0. The number of rotatable bonds is 5. The van der Waals surface area contributed by atoms with Gasteiger partial charge in [0.2, 0.25) is 21.9 Å². The summed E-state index contributed by atoms with van der Waals surface area (Å²) in [5, 5.41) is 0. The van der Waals surface area contributed by atoms with Crippen molar-refractivity contribution in [2.75, 3.05) is 24.5 Å². The smallest absolute Gasteiger partial charge is 0.243 e. The van der Waals surface area contributed by atoms with Crippen molar-refractivity contribution in [3.05, 3.63) is 71.4 Å². The van der Waals surface area contributed by atoms with E-state index in [9.17, 15) is 17.2 Å². The van der Waals surface area contributed by atoms with Crippen molar-refractivity contribution in [1.29, 1.82) is 0 Å². The highest BCUT2D eigenvalue weighted by molar-refractivity contribution is 7.89. The van der Waals surface area contributed by atoms with Gasteiger partial charge in [-0.1, -0.05) is 13.0 Å². The first-order valence-electron chi connectivity index (χ1n) is 11.6. The van der Waals surface area contributed by atoms with Crippen LogP contribution in [0.1, 0.15) is 31.0 Å². The lowest BCUT2D eigenvalue weighted by Crippen LogP contribution is -2.38. The second-order valence-corrected chi connectivity index (χ2v) is 11.0. The Morgan fingerprint density at radius 3 is 2.43 bits per heavy atom. The van der Waals surface area contributed by atoms with Crippen molar-refractivity contribution in [3.63, 3.8) is 0 Å². The molecule has 3 aromatic rings. The first-order chi connectivity index (χ1) is 16.8. The van der Waals surface area contributed by atoms with Crippen molar-refractivity contribution >= 4 is 16.0 Å². The molecule has 0 atom stereocenters. The molecule has 0 saturated carbocycles. The van der Waals surface area contributed by atoms with E-state index in [0.717, 1.165) is 38.1 Å². The van der Waals surface area contributed by atoms with Crippen LogP contribution in [-0.2, 0) is 23.0 Å². The van der Waals surface area contributed by atoms with Crippen LogP contribution in [0.5, 0.6) is 11.6 Å². The Kier molecular flexibility index (Phi) is 6.41. The molecule has 1 fully saturated rings. The topological polar surface area (TPSA) is 75.6 Å². The first kappa shape index (κ1) is 23.6. The molecule has 0 bridgehead atoms. The highest BCUT2D eigenvalue weighted by atomic mass is 32.2. The lowest BCUT2D eigenvalue weighted by atomic mass is 9.99. The fourth-order valence-electron chi connectivity index (χ4n) is 4.38. The molecular formula is C25H26F2N4O3S. The molecule has 7 nitrogen and oxygen atoms in total. The molecule has 35 heavy (non-hydrogen) atoms. The van der Waals surface area contributed by atoms with Crippen LogP contribution in [-0.4, -0.2) is 42.3 Å². The van der Waals surface area contributed by atoms with E-state index in [1.807, 2.05) is 0 Å². The second-order valence-electron chi connectivity index (χ2n) is 9.03. The zero-order valence-corrected chi connectivity index (χ0v) is 20.1. The van der Waals surface area contributed by atoms with Crippen LogP contribution in [0.25, 0.3) is 0 Å². The molecule has 5 rings (SSSR count). The average Bonchev–Trinajstić information content (AvgIpc) is 2.84. The van der Waals surface area contributed by atoms with Gasteiger partial charge in [0.05, 0.1) is 16.2 Å². The van der Waals surface area contributed by atoms with E-state index in [-0.39, 0.29) is 29.6 Å². The third-order valence-corrected chi connectivity index (χ3v) is 8.36. The Labute approximate surface area is 203 Å². The van der Waals surface area contributed by atoms with E-state index in [2.05, 4.69) is 16.8 Å². The summed E-state index contributed by atoms with van der Waals surface area (Å²) < 4.78 is 60.9. The average molecular weight is 501 g/mol. The summed E-state index contributed by atoms with van der Waals surface area (Å²) >= 11 is 0. The van der Waals surface area contributed by atoms with Gasteiger partial charge in [-0.3, -0.25) is 0 Å². The van der Waals surface area contributed by atoms with Crippen molar-refractivity contribution < 1.29 is 21.9 Å². The van der Waals surface area contributed by atoms with Gasteiger partial charge >= 0.3 is 0 Å². The van der Waals surface area contributed by atoms with E-state index < -0.39 is 21.7 Å². The summed E-state index contributed by atoms with van der Waals surface area (Å²) in [4.78, 5) is 11.6. The number of benzene rings is 2. The Balaban J connectivity index is 1.51. The summed E-state index contributed by atoms with van der Waals surface area (Å²) in [5.74, 6) is 0.702. The number of fused-ring (bicyclic) bond motifs is 1. The van der Waals surface area contributed by atoms with E-state index in [4.69, 9.17) is 9.72 Å². The van der Waals surface area contributed by atoms with E-state index in [1.165, 1.54) is 34.6 Å². The molecule has 2 aromatic carbocycles. The number of hydrogen-bond acceptors (Lipinski definition) is 6. The summed E-state index contributed by atoms with van der Waals surface area (Å²) in [7, 11) is -3.87. The Bertz CT molecular complexity index is 1330. The molecule has 3 heterocycles. The van der Waals surface area contributed by atoms with Gasteiger partial charge in [-0.15, -0.1) is 0 Å². The lowest BCUT2D eigenvalue weighted by molar-refractivity contribution is 0.367. The standard InChI is InChI=1S/C25H26F2N4O3S/c1-17-9-12-30(13-10-17)25-28-23-11-14-31(35(32,33)21-7-5-18(26)6-8-21)16-22(23)24(29-25)34-20-4-2-3-19(27)15-20/h2-8,15,17H,9-14,16H2,1H3. The van der Waals surface area contributed by atoms with Crippen LogP contribution in [0.3, 0.4) is 0 Å². The van der Waals surface area contributed by atoms with E-state index in [0.29, 0.717) is 29.5 Å². The van der Waals surface area contributed by atoms with Crippen LogP contribution in [0, 0.1) is 17.6 Å². The molecule has 0 radical (unpaired) electrons. The van der Waals surface area contributed by atoms with Gasteiger partial charge in [0.15, 0.2) is 0 Å². The molecule has 0 N–H and O–H groups in total. The van der Waals surface area contributed by atoms with Crippen LogP contribution < -0.4 is 9.64 Å². The molecule has 1 aromatic heterocycles. The highest BCUT2D eigenvalue weighted by Crippen LogP contribution is 2.34. The fraction of sp³-hybridized carbons (Fsp3) is 0.360. The summed E-state index contributed by atoms with van der Waals surface area (Å²) in [6, 6.07) is 10.5.